The minimum atomic E-state index is -0.623. The third kappa shape index (κ3) is 5.18. The maximum atomic E-state index is 13.2. The van der Waals surface area contributed by atoms with E-state index in [2.05, 4.69) is 6.07 Å². The molecule has 0 spiro atoms. The number of allylic oxidation sites excluding steroid dienone is 1. The number of carbonyl (C=O) groups is 1. The maximum Gasteiger partial charge on any atom is 0.379 e. The zero-order chi connectivity index (χ0) is 30.2. The van der Waals surface area contributed by atoms with Gasteiger partial charge in [-0.05, 0) is 61.7 Å². The van der Waals surface area contributed by atoms with Gasteiger partial charge in [0.2, 0.25) is 11.6 Å². The van der Waals surface area contributed by atoms with Crippen LogP contribution < -0.4 is 19.9 Å². The van der Waals surface area contributed by atoms with E-state index in [0.717, 1.165) is 27.6 Å². The zero-order valence-electron chi connectivity index (χ0n) is 23.7. The predicted molar refractivity (Wildman–Crippen MR) is 163 cm³/mol. The SMILES string of the molecule is Cc1ccc2c(C)c(C(=O)Oc3ccc4c(c3)OC(N)=C(C#N)C4c3cccc(OCc4ccccc4Cl)c3)oc2c1C. The largest absolute Gasteiger partial charge is 0.489 e. The molecule has 0 aliphatic carbocycles. The molecule has 5 aromatic rings. The Morgan fingerprint density at radius 2 is 1.79 bits per heavy atom. The van der Waals surface area contributed by atoms with E-state index in [1.807, 2.05) is 81.4 Å². The third-order valence-electron chi connectivity index (χ3n) is 7.76. The molecule has 0 fully saturated rings. The van der Waals surface area contributed by atoms with Gasteiger partial charge in [-0.2, -0.15) is 5.26 Å². The number of aryl methyl sites for hydroxylation is 3. The van der Waals surface area contributed by atoms with Crippen molar-refractivity contribution in [2.75, 3.05) is 0 Å². The van der Waals surface area contributed by atoms with Crippen molar-refractivity contribution in [3.63, 3.8) is 0 Å². The van der Waals surface area contributed by atoms with Crippen molar-refractivity contribution in [3.05, 3.63) is 134 Å². The van der Waals surface area contributed by atoms with E-state index in [1.165, 1.54) is 0 Å². The topological polar surface area (TPSA) is 108 Å². The maximum absolute atomic E-state index is 13.2. The van der Waals surface area contributed by atoms with Gasteiger partial charge in [-0.1, -0.05) is 60.1 Å². The number of nitriles is 1. The van der Waals surface area contributed by atoms with Crippen LogP contribution in [0.25, 0.3) is 11.0 Å². The molecule has 8 heteroatoms. The number of rotatable bonds is 6. The summed E-state index contributed by atoms with van der Waals surface area (Å²) in [5.74, 6) is 0.208. The first-order valence-corrected chi connectivity index (χ1v) is 14.0. The highest BCUT2D eigenvalue weighted by atomic mass is 35.5. The second-order valence-corrected chi connectivity index (χ2v) is 10.8. The Morgan fingerprint density at radius 1 is 0.977 bits per heavy atom. The number of hydrogen-bond acceptors (Lipinski definition) is 7. The Kier molecular flexibility index (Phi) is 7.31. The van der Waals surface area contributed by atoms with Gasteiger partial charge in [-0.15, -0.1) is 0 Å². The second-order valence-electron chi connectivity index (χ2n) is 10.4. The van der Waals surface area contributed by atoms with Crippen LogP contribution in [0.3, 0.4) is 0 Å². The summed E-state index contributed by atoms with van der Waals surface area (Å²) in [6.45, 7) is 6.07. The molecule has 4 aromatic carbocycles. The number of halogens is 1. The van der Waals surface area contributed by atoms with Crippen LogP contribution in [0.4, 0.5) is 0 Å². The van der Waals surface area contributed by atoms with Crippen molar-refractivity contribution in [3.8, 4) is 23.3 Å². The summed E-state index contributed by atoms with van der Waals surface area (Å²) in [7, 11) is 0. The van der Waals surface area contributed by atoms with E-state index in [1.54, 1.807) is 18.2 Å². The summed E-state index contributed by atoms with van der Waals surface area (Å²) in [6, 6.07) is 26.1. The molecule has 2 N–H and O–H groups in total. The van der Waals surface area contributed by atoms with E-state index in [0.29, 0.717) is 33.2 Å². The van der Waals surface area contributed by atoms with Crippen LogP contribution in [0.15, 0.2) is 94.7 Å². The predicted octanol–water partition coefficient (Wildman–Crippen LogP) is 8.03. The lowest BCUT2D eigenvalue weighted by molar-refractivity contribution is 0.0702. The number of fused-ring (bicyclic) bond motifs is 2. The van der Waals surface area contributed by atoms with Crippen molar-refractivity contribution in [2.45, 2.75) is 33.3 Å². The monoisotopic (exact) mass is 590 g/mol. The first kappa shape index (κ1) is 28.0. The molecule has 2 heterocycles. The van der Waals surface area contributed by atoms with Crippen molar-refractivity contribution in [1.82, 2.24) is 0 Å². The fourth-order valence-electron chi connectivity index (χ4n) is 5.27. The summed E-state index contributed by atoms with van der Waals surface area (Å²) < 4.78 is 23.5. The van der Waals surface area contributed by atoms with Gasteiger partial charge >= 0.3 is 5.97 Å². The molecule has 1 unspecified atom stereocenters. The van der Waals surface area contributed by atoms with Gasteiger partial charge < -0.3 is 24.4 Å². The third-order valence-corrected chi connectivity index (χ3v) is 8.12. The fourth-order valence-corrected chi connectivity index (χ4v) is 5.46. The molecule has 0 saturated heterocycles. The van der Waals surface area contributed by atoms with Gasteiger partial charge in [0.1, 0.15) is 41.1 Å². The van der Waals surface area contributed by atoms with Gasteiger partial charge in [0.05, 0.1) is 5.92 Å². The highest BCUT2D eigenvalue weighted by Gasteiger charge is 2.32. The number of hydrogen-bond donors (Lipinski definition) is 1. The molecule has 214 valence electrons. The quantitative estimate of drug-likeness (QED) is 0.157. The molecule has 1 aliphatic rings. The lowest BCUT2D eigenvalue weighted by Gasteiger charge is -2.27. The Bertz CT molecular complexity index is 1980. The highest BCUT2D eigenvalue weighted by molar-refractivity contribution is 6.31. The van der Waals surface area contributed by atoms with Crippen LogP contribution in [-0.2, 0) is 6.61 Å². The van der Waals surface area contributed by atoms with Gasteiger partial charge in [-0.25, -0.2) is 4.79 Å². The fraction of sp³-hybridized carbons (Fsp3) is 0.143. The smallest absolute Gasteiger partial charge is 0.379 e. The van der Waals surface area contributed by atoms with Crippen LogP contribution in [0.1, 0.15) is 49.9 Å². The second kappa shape index (κ2) is 11.2. The van der Waals surface area contributed by atoms with Crippen LogP contribution in [0, 0.1) is 32.1 Å². The molecule has 1 aromatic heterocycles. The molecule has 7 nitrogen and oxygen atoms in total. The Morgan fingerprint density at radius 3 is 2.58 bits per heavy atom. The molecule has 0 saturated carbocycles. The lowest BCUT2D eigenvalue weighted by Crippen LogP contribution is -2.21. The minimum Gasteiger partial charge on any atom is -0.489 e. The summed E-state index contributed by atoms with van der Waals surface area (Å²) >= 11 is 6.28. The standard InChI is InChI=1S/C35H27ClN2O5/c1-19-11-13-26-21(3)33(43-32(26)20(19)2)35(39)41-25-12-14-27-30(16-25)42-34(38)28(17-37)31(27)22-8-6-9-24(15-22)40-18-23-7-4-5-10-29(23)36/h4-16,31H,18,38H2,1-3H3. The number of nitrogens with zero attached hydrogens (tertiary/aromatic N) is 1. The Labute approximate surface area is 253 Å². The molecule has 1 atom stereocenters. The number of carbonyl (C=O) groups excluding carboxylic acids is 1. The van der Waals surface area contributed by atoms with E-state index >= 15 is 0 Å². The summed E-state index contributed by atoms with van der Waals surface area (Å²) in [5.41, 5.74) is 12.2. The number of furan rings is 1. The zero-order valence-corrected chi connectivity index (χ0v) is 24.5. The molecule has 0 radical (unpaired) electrons. The number of esters is 1. The first-order valence-electron chi connectivity index (χ1n) is 13.6. The van der Waals surface area contributed by atoms with Gasteiger partial charge in [0, 0.05) is 33.2 Å². The minimum absolute atomic E-state index is 0.0233. The van der Waals surface area contributed by atoms with Crippen molar-refractivity contribution in [2.24, 2.45) is 5.73 Å². The first-order chi connectivity index (χ1) is 20.7. The average Bonchev–Trinajstić information content (AvgIpc) is 3.34. The summed E-state index contributed by atoms with van der Waals surface area (Å²) in [6.07, 6.45) is 0. The Hall–Kier alpha value is -5.19. The molecule has 0 amide bonds. The Balaban J connectivity index is 1.29. The van der Waals surface area contributed by atoms with E-state index < -0.39 is 11.9 Å². The van der Waals surface area contributed by atoms with Crippen molar-refractivity contribution in [1.29, 1.82) is 5.26 Å². The molecule has 6 rings (SSSR count). The molecular formula is C35H27ClN2O5. The summed E-state index contributed by atoms with van der Waals surface area (Å²) in [5, 5.41) is 11.5. The molecule has 0 bridgehead atoms. The molecule has 43 heavy (non-hydrogen) atoms. The van der Waals surface area contributed by atoms with Crippen molar-refractivity contribution >= 4 is 28.5 Å². The molecule has 1 aliphatic heterocycles. The van der Waals surface area contributed by atoms with Crippen LogP contribution in [0.2, 0.25) is 5.02 Å². The number of ether oxygens (including phenoxy) is 3. The van der Waals surface area contributed by atoms with Gasteiger partial charge in [0.15, 0.2) is 0 Å². The van der Waals surface area contributed by atoms with Crippen LogP contribution in [-0.4, -0.2) is 5.97 Å². The van der Waals surface area contributed by atoms with Crippen LogP contribution in [0.5, 0.6) is 17.2 Å². The number of benzene rings is 4. The van der Waals surface area contributed by atoms with Crippen LogP contribution >= 0.6 is 11.6 Å². The lowest BCUT2D eigenvalue weighted by atomic mass is 9.83. The van der Waals surface area contributed by atoms with E-state index in [-0.39, 0.29) is 29.6 Å². The van der Waals surface area contributed by atoms with E-state index in [4.69, 9.17) is 36.0 Å². The average molecular weight is 591 g/mol. The summed E-state index contributed by atoms with van der Waals surface area (Å²) in [4.78, 5) is 13.2. The normalized spacial score (nSPS) is 14.2. The highest BCUT2D eigenvalue weighted by Crippen LogP contribution is 2.44. The van der Waals surface area contributed by atoms with E-state index in [9.17, 15) is 10.1 Å². The van der Waals surface area contributed by atoms with Crippen molar-refractivity contribution < 1.29 is 23.4 Å². The molecular weight excluding hydrogens is 564 g/mol. The van der Waals surface area contributed by atoms with Gasteiger partial charge in [0.25, 0.3) is 0 Å². The number of nitrogens with two attached hydrogens (primary N) is 1. The van der Waals surface area contributed by atoms with Gasteiger partial charge in [-0.3, -0.25) is 0 Å².